The van der Waals surface area contributed by atoms with Crippen molar-refractivity contribution in [3.8, 4) is 0 Å². The number of azide groups is 1. The lowest BCUT2D eigenvalue weighted by molar-refractivity contribution is -0.145. The van der Waals surface area contributed by atoms with E-state index >= 15 is 0 Å². The number of carbonyl (C=O) groups is 1. The van der Waals surface area contributed by atoms with Crippen molar-refractivity contribution in [2.24, 2.45) is 5.11 Å². The average molecular weight is 284 g/mol. The second kappa shape index (κ2) is 8.08. The topological polar surface area (TPSA) is 87.1 Å². The van der Waals surface area contributed by atoms with Gasteiger partial charge in [0.2, 0.25) is 0 Å². The lowest BCUT2D eigenvalue weighted by atomic mass is 10.1. The van der Waals surface area contributed by atoms with Crippen LogP contribution >= 0.6 is 0 Å². The molecule has 1 rings (SSSR count). The van der Waals surface area contributed by atoms with E-state index in [1.165, 1.54) is 12.1 Å². The van der Waals surface area contributed by atoms with Crippen molar-refractivity contribution in [2.45, 2.75) is 13.0 Å². The molecule has 0 spiro atoms. The first-order valence-electron chi connectivity index (χ1n) is 5.96. The smallest absolute Gasteiger partial charge is 0.327 e. The van der Waals surface area contributed by atoms with Crippen LogP contribution in [-0.2, 0) is 9.53 Å². The van der Waals surface area contributed by atoms with Crippen molar-refractivity contribution in [1.29, 1.82) is 0 Å². The lowest BCUT2D eigenvalue weighted by Crippen LogP contribution is -2.32. The Morgan fingerprint density at radius 1 is 1.55 bits per heavy atom. The highest BCUT2D eigenvalue weighted by atomic mass is 19.2. The van der Waals surface area contributed by atoms with E-state index in [9.17, 15) is 13.6 Å². The molecule has 1 aromatic carbocycles. The monoisotopic (exact) mass is 284 g/mol. The summed E-state index contributed by atoms with van der Waals surface area (Å²) in [5.41, 5.74) is 8.00. The Balaban J connectivity index is 2.94. The van der Waals surface area contributed by atoms with Crippen LogP contribution in [0.3, 0.4) is 0 Å². The highest BCUT2D eigenvalue weighted by Crippen LogP contribution is 2.20. The van der Waals surface area contributed by atoms with Crippen LogP contribution in [0.2, 0.25) is 0 Å². The van der Waals surface area contributed by atoms with Gasteiger partial charge in [0, 0.05) is 23.6 Å². The zero-order valence-electron chi connectivity index (χ0n) is 10.8. The van der Waals surface area contributed by atoms with E-state index in [-0.39, 0.29) is 25.3 Å². The fourth-order valence-electron chi connectivity index (χ4n) is 1.59. The van der Waals surface area contributed by atoms with Gasteiger partial charge in [-0.1, -0.05) is 17.2 Å². The van der Waals surface area contributed by atoms with Gasteiger partial charge in [0.15, 0.2) is 11.6 Å². The third-order valence-electron chi connectivity index (χ3n) is 2.44. The maximum absolute atomic E-state index is 13.7. The highest BCUT2D eigenvalue weighted by Gasteiger charge is 2.25. The van der Waals surface area contributed by atoms with E-state index in [1.54, 1.807) is 6.92 Å². The summed E-state index contributed by atoms with van der Waals surface area (Å²) in [5, 5.41) is 5.96. The molecule has 0 aliphatic heterocycles. The molecule has 1 N–H and O–H groups in total. The van der Waals surface area contributed by atoms with Crippen molar-refractivity contribution >= 4 is 5.97 Å². The maximum atomic E-state index is 13.7. The molecule has 0 aliphatic rings. The van der Waals surface area contributed by atoms with Crippen LogP contribution in [0.4, 0.5) is 8.78 Å². The van der Waals surface area contributed by atoms with Crippen LogP contribution in [0.25, 0.3) is 10.4 Å². The van der Waals surface area contributed by atoms with Crippen molar-refractivity contribution < 1.29 is 18.3 Å². The second-order valence-corrected chi connectivity index (χ2v) is 3.74. The van der Waals surface area contributed by atoms with Crippen molar-refractivity contribution in [3.63, 3.8) is 0 Å². The van der Waals surface area contributed by atoms with Gasteiger partial charge in [0.1, 0.15) is 6.04 Å². The third-order valence-corrected chi connectivity index (χ3v) is 2.44. The second-order valence-electron chi connectivity index (χ2n) is 3.74. The molecule has 0 saturated carbocycles. The van der Waals surface area contributed by atoms with E-state index in [1.807, 2.05) is 0 Å². The standard InChI is InChI=1S/C12H14F2N4O2/c1-2-20-12(19)11(16-6-7-17-18-15)8-4-3-5-9(13)10(8)14/h3-5,11,16H,2,6-7H2,1H3. The number of benzene rings is 1. The molecule has 0 aromatic heterocycles. The molecule has 0 aliphatic carbocycles. The number of hydrogen-bond acceptors (Lipinski definition) is 4. The quantitative estimate of drug-likeness (QED) is 0.274. The normalized spacial score (nSPS) is 11.6. The van der Waals surface area contributed by atoms with Crippen molar-refractivity contribution in [1.82, 2.24) is 5.32 Å². The molecule has 0 radical (unpaired) electrons. The summed E-state index contributed by atoms with van der Waals surface area (Å²) in [5.74, 6) is -2.88. The number of halogens is 2. The fourth-order valence-corrected chi connectivity index (χ4v) is 1.59. The van der Waals surface area contributed by atoms with Crippen LogP contribution in [-0.4, -0.2) is 25.7 Å². The first-order chi connectivity index (χ1) is 9.61. The molecular formula is C12H14F2N4O2. The molecular weight excluding hydrogens is 270 g/mol. The van der Waals surface area contributed by atoms with Crippen LogP contribution in [0.5, 0.6) is 0 Å². The Hall–Kier alpha value is -2.18. The van der Waals surface area contributed by atoms with Crippen LogP contribution < -0.4 is 5.32 Å². The van der Waals surface area contributed by atoms with Gasteiger partial charge in [-0.25, -0.2) is 13.6 Å². The Bertz CT molecular complexity index is 518. The molecule has 1 atom stereocenters. The number of ether oxygens (including phenoxy) is 1. The number of hydrogen-bond donors (Lipinski definition) is 1. The van der Waals surface area contributed by atoms with Gasteiger partial charge in [-0.3, -0.25) is 0 Å². The van der Waals surface area contributed by atoms with E-state index in [4.69, 9.17) is 10.3 Å². The zero-order valence-corrected chi connectivity index (χ0v) is 10.8. The van der Waals surface area contributed by atoms with Crippen LogP contribution in [0.1, 0.15) is 18.5 Å². The summed E-state index contributed by atoms with van der Waals surface area (Å²) >= 11 is 0. The lowest BCUT2D eigenvalue weighted by Gasteiger charge is -2.17. The van der Waals surface area contributed by atoms with Gasteiger partial charge in [-0.2, -0.15) is 0 Å². The maximum Gasteiger partial charge on any atom is 0.327 e. The molecule has 0 heterocycles. The fraction of sp³-hybridized carbons (Fsp3) is 0.417. The summed E-state index contributed by atoms with van der Waals surface area (Å²) in [7, 11) is 0. The molecule has 1 aromatic rings. The Labute approximate surface area is 114 Å². The average Bonchev–Trinajstić information content (AvgIpc) is 2.43. The molecule has 8 heteroatoms. The van der Waals surface area contributed by atoms with Crippen molar-refractivity contribution in [2.75, 3.05) is 19.7 Å². The van der Waals surface area contributed by atoms with Gasteiger partial charge < -0.3 is 10.1 Å². The molecule has 0 bridgehead atoms. The summed E-state index contributed by atoms with van der Waals surface area (Å²) in [6.45, 7) is 1.92. The van der Waals surface area contributed by atoms with E-state index in [0.717, 1.165) is 6.07 Å². The van der Waals surface area contributed by atoms with Gasteiger partial charge in [-0.05, 0) is 18.5 Å². The number of rotatable bonds is 7. The summed E-state index contributed by atoms with van der Waals surface area (Å²) in [6.07, 6.45) is 0. The molecule has 0 fully saturated rings. The van der Waals surface area contributed by atoms with E-state index in [2.05, 4.69) is 15.3 Å². The van der Waals surface area contributed by atoms with E-state index in [0.29, 0.717) is 0 Å². The van der Waals surface area contributed by atoms with Gasteiger partial charge in [0.05, 0.1) is 6.61 Å². The molecule has 108 valence electrons. The molecule has 0 amide bonds. The number of esters is 1. The SMILES string of the molecule is CCOC(=O)C(NCCN=[N+]=[N-])c1cccc(F)c1F. The molecule has 6 nitrogen and oxygen atoms in total. The number of nitrogens with zero attached hydrogens (tertiary/aromatic N) is 3. The predicted molar refractivity (Wildman–Crippen MR) is 67.7 cm³/mol. The summed E-state index contributed by atoms with van der Waals surface area (Å²) in [4.78, 5) is 14.3. The Morgan fingerprint density at radius 2 is 2.30 bits per heavy atom. The number of nitrogens with one attached hydrogen (secondary N) is 1. The van der Waals surface area contributed by atoms with Crippen LogP contribution in [0.15, 0.2) is 23.3 Å². The number of carbonyl (C=O) groups excluding carboxylic acids is 1. The first kappa shape index (κ1) is 15.9. The van der Waals surface area contributed by atoms with Gasteiger partial charge >= 0.3 is 5.97 Å². The molecule has 20 heavy (non-hydrogen) atoms. The van der Waals surface area contributed by atoms with Gasteiger partial charge in [0.25, 0.3) is 0 Å². The third kappa shape index (κ3) is 4.18. The highest BCUT2D eigenvalue weighted by molar-refractivity contribution is 5.77. The first-order valence-corrected chi connectivity index (χ1v) is 5.96. The Morgan fingerprint density at radius 3 is 2.95 bits per heavy atom. The molecule has 0 saturated heterocycles. The molecule has 1 unspecified atom stereocenters. The zero-order chi connectivity index (χ0) is 15.0. The minimum Gasteiger partial charge on any atom is -0.465 e. The van der Waals surface area contributed by atoms with E-state index < -0.39 is 23.6 Å². The largest absolute Gasteiger partial charge is 0.465 e. The van der Waals surface area contributed by atoms with Crippen LogP contribution in [0, 0.1) is 11.6 Å². The van der Waals surface area contributed by atoms with Crippen molar-refractivity contribution in [3.05, 3.63) is 45.8 Å². The minimum atomic E-state index is -1.15. The predicted octanol–water partition coefficient (Wildman–Crippen LogP) is 2.47. The summed E-state index contributed by atoms with van der Waals surface area (Å²) in [6, 6.07) is 2.40. The minimum absolute atomic E-state index is 0.0728. The van der Waals surface area contributed by atoms with Gasteiger partial charge in [-0.15, -0.1) is 0 Å². The Kier molecular flexibility index (Phi) is 6.42. The summed E-state index contributed by atoms with van der Waals surface area (Å²) < 4.78 is 31.7.